The van der Waals surface area contributed by atoms with E-state index in [0.717, 1.165) is 18.4 Å². The van der Waals surface area contributed by atoms with Crippen LogP contribution in [-0.4, -0.2) is 13.7 Å². The van der Waals surface area contributed by atoms with Crippen LogP contribution in [0.15, 0.2) is 0 Å². The summed E-state index contributed by atoms with van der Waals surface area (Å²) in [5.41, 5.74) is 0. The van der Waals surface area contributed by atoms with Gasteiger partial charge in [0.2, 0.25) is 0 Å². The van der Waals surface area contributed by atoms with Gasteiger partial charge in [-0.3, -0.25) is 0 Å². The fourth-order valence-electron chi connectivity index (χ4n) is 1.58. The largest absolute Gasteiger partial charge is 0.384 e. The highest BCUT2D eigenvalue weighted by Crippen LogP contribution is 2.35. The molecule has 54 valence electrons. The van der Waals surface area contributed by atoms with Crippen LogP contribution in [0.5, 0.6) is 0 Å². The summed E-state index contributed by atoms with van der Waals surface area (Å²) in [6, 6.07) is 0. The number of hydrogen-bond acceptors (Lipinski definition) is 1. The van der Waals surface area contributed by atoms with Gasteiger partial charge in [0.25, 0.3) is 0 Å². The molecule has 0 heterocycles. The number of rotatable bonds is 3. The summed E-state index contributed by atoms with van der Waals surface area (Å²) in [6.07, 6.45) is 4.18. The topological polar surface area (TPSA) is 9.23 Å². The Labute approximate surface area is 57.4 Å². The van der Waals surface area contributed by atoms with Crippen molar-refractivity contribution >= 4 is 0 Å². The van der Waals surface area contributed by atoms with E-state index in [0.29, 0.717) is 0 Å². The molecule has 1 aliphatic rings. The first-order valence-electron chi connectivity index (χ1n) is 3.85. The molecule has 1 heteroatoms. The predicted octanol–water partition coefficient (Wildman–Crippen LogP) is 2.07. The third kappa shape index (κ3) is 1.68. The molecule has 0 aromatic carbocycles. The molecule has 0 atom stereocenters. The molecule has 1 nitrogen and oxygen atoms in total. The normalized spacial score (nSPS) is 34.0. The molecule has 0 aromatic heterocycles. The van der Waals surface area contributed by atoms with Gasteiger partial charge in [0.05, 0.1) is 0 Å². The van der Waals surface area contributed by atoms with Crippen molar-refractivity contribution in [1.82, 2.24) is 0 Å². The molecule has 0 radical (unpaired) electrons. The summed E-state index contributed by atoms with van der Waals surface area (Å²) in [6.45, 7) is 3.25. The molecule has 1 rings (SSSR count). The third-order valence-electron chi connectivity index (χ3n) is 2.31. The van der Waals surface area contributed by atoms with Crippen molar-refractivity contribution in [2.75, 3.05) is 13.7 Å². The van der Waals surface area contributed by atoms with Crippen molar-refractivity contribution in [1.29, 1.82) is 0 Å². The standard InChI is InChI=1S/C8H16O/c1-3-7-4-8(5-7)6-9-2/h7-8H,3-6H2,1-2H3/t7-,8+. The molecular formula is C8H16O. The second kappa shape index (κ2) is 3.21. The SMILES string of the molecule is CC[C@H]1C[C@@H](COC)C1. The lowest BCUT2D eigenvalue weighted by Crippen LogP contribution is -2.26. The highest BCUT2D eigenvalue weighted by Gasteiger charge is 2.26. The maximum absolute atomic E-state index is 5.04. The smallest absolute Gasteiger partial charge is 0.0490 e. The number of hydrogen-bond donors (Lipinski definition) is 0. The zero-order chi connectivity index (χ0) is 6.69. The van der Waals surface area contributed by atoms with E-state index < -0.39 is 0 Å². The average Bonchev–Trinajstić information content (AvgIpc) is 1.77. The molecule has 0 spiro atoms. The minimum absolute atomic E-state index is 0.889. The monoisotopic (exact) mass is 128 g/mol. The summed E-state index contributed by atoms with van der Waals surface area (Å²) in [4.78, 5) is 0. The van der Waals surface area contributed by atoms with E-state index in [1.807, 2.05) is 0 Å². The Morgan fingerprint density at radius 3 is 2.44 bits per heavy atom. The number of ether oxygens (including phenoxy) is 1. The molecule has 9 heavy (non-hydrogen) atoms. The Balaban J connectivity index is 1.98. The first kappa shape index (κ1) is 7.07. The van der Waals surface area contributed by atoms with Crippen LogP contribution >= 0.6 is 0 Å². The van der Waals surface area contributed by atoms with Gasteiger partial charge in [0, 0.05) is 13.7 Å². The molecule has 0 N–H and O–H groups in total. The fourth-order valence-corrected chi connectivity index (χ4v) is 1.58. The van der Waals surface area contributed by atoms with Crippen molar-refractivity contribution in [3.63, 3.8) is 0 Å². The van der Waals surface area contributed by atoms with E-state index in [9.17, 15) is 0 Å². The van der Waals surface area contributed by atoms with Crippen LogP contribution in [0.2, 0.25) is 0 Å². The van der Waals surface area contributed by atoms with Gasteiger partial charge in [0.1, 0.15) is 0 Å². The molecule has 1 fully saturated rings. The zero-order valence-electron chi connectivity index (χ0n) is 6.39. The lowest BCUT2D eigenvalue weighted by molar-refractivity contribution is 0.0722. The van der Waals surface area contributed by atoms with Gasteiger partial charge < -0.3 is 4.74 Å². The third-order valence-corrected chi connectivity index (χ3v) is 2.31. The Hall–Kier alpha value is -0.0400. The van der Waals surface area contributed by atoms with Crippen LogP contribution in [0.1, 0.15) is 26.2 Å². The Kier molecular flexibility index (Phi) is 2.52. The summed E-state index contributed by atoms with van der Waals surface area (Å²) in [7, 11) is 1.79. The molecule has 0 aliphatic heterocycles. The van der Waals surface area contributed by atoms with Crippen LogP contribution < -0.4 is 0 Å². The van der Waals surface area contributed by atoms with Crippen LogP contribution in [0.4, 0.5) is 0 Å². The van der Waals surface area contributed by atoms with E-state index in [2.05, 4.69) is 6.92 Å². The maximum atomic E-state index is 5.04. The van der Waals surface area contributed by atoms with Crippen molar-refractivity contribution in [2.24, 2.45) is 11.8 Å². The van der Waals surface area contributed by atoms with Gasteiger partial charge in [-0.05, 0) is 24.7 Å². The van der Waals surface area contributed by atoms with E-state index in [1.165, 1.54) is 19.3 Å². The van der Waals surface area contributed by atoms with Crippen molar-refractivity contribution in [3.05, 3.63) is 0 Å². The van der Waals surface area contributed by atoms with E-state index in [4.69, 9.17) is 4.74 Å². The second-order valence-electron chi connectivity index (χ2n) is 3.07. The van der Waals surface area contributed by atoms with Gasteiger partial charge in [-0.15, -0.1) is 0 Å². The summed E-state index contributed by atoms with van der Waals surface area (Å²) in [5.74, 6) is 1.91. The molecule has 0 aromatic rings. The first-order chi connectivity index (χ1) is 4.36. The van der Waals surface area contributed by atoms with E-state index in [1.54, 1.807) is 7.11 Å². The lowest BCUT2D eigenvalue weighted by atomic mass is 9.74. The Bertz CT molecular complexity index is 74.6. The van der Waals surface area contributed by atoms with Crippen LogP contribution in [0.25, 0.3) is 0 Å². The molecule has 0 unspecified atom stereocenters. The summed E-state index contributed by atoms with van der Waals surface area (Å²) < 4.78 is 5.04. The molecular weight excluding hydrogens is 112 g/mol. The predicted molar refractivity (Wildman–Crippen MR) is 38.4 cm³/mol. The average molecular weight is 128 g/mol. The minimum atomic E-state index is 0.889. The van der Waals surface area contributed by atoms with Crippen molar-refractivity contribution in [3.8, 4) is 0 Å². The molecule has 0 bridgehead atoms. The molecule has 1 saturated carbocycles. The second-order valence-corrected chi connectivity index (χ2v) is 3.07. The van der Waals surface area contributed by atoms with Crippen molar-refractivity contribution < 1.29 is 4.74 Å². The minimum Gasteiger partial charge on any atom is -0.384 e. The fraction of sp³-hybridized carbons (Fsp3) is 1.00. The molecule has 0 saturated heterocycles. The summed E-state index contributed by atoms with van der Waals surface area (Å²) >= 11 is 0. The highest BCUT2D eigenvalue weighted by molar-refractivity contribution is 4.77. The maximum Gasteiger partial charge on any atom is 0.0490 e. The highest BCUT2D eigenvalue weighted by atomic mass is 16.5. The quantitative estimate of drug-likeness (QED) is 0.565. The van der Waals surface area contributed by atoms with Gasteiger partial charge in [0.15, 0.2) is 0 Å². The Morgan fingerprint density at radius 2 is 2.00 bits per heavy atom. The molecule has 0 amide bonds. The van der Waals surface area contributed by atoms with Crippen LogP contribution in [-0.2, 0) is 4.74 Å². The van der Waals surface area contributed by atoms with Gasteiger partial charge >= 0.3 is 0 Å². The number of methoxy groups -OCH3 is 1. The molecule has 1 aliphatic carbocycles. The van der Waals surface area contributed by atoms with Gasteiger partial charge in [-0.25, -0.2) is 0 Å². The van der Waals surface area contributed by atoms with E-state index >= 15 is 0 Å². The Morgan fingerprint density at radius 1 is 1.33 bits per heavy atom. The van der Waals surface area contributed by atoms with E-state index in [-0.39, 0.29) is 0 Å². The summed E-state index contributed by atoms with van der Waals surface area (Å²) in [5, 5.41) is 0. The van der Waals surface area contributed by atoms with Crippen LogP contribution in [0, 0.1) is 11.8 Å². The zero-order valence-corrected chi connectivity index (χ0v) is 6.39. The lowest BCUT2D eigenvalue weighted by Gasteiger charge is -2.33. The van der Waals surface area contributed by atoms with Gasteiger partial charge in [-0.1, -0.05) is 13.3 Å². The van der Waals surface area contributed by atoms with Gasteiger partial charge in [-0.2, -0.15) is 0 Å². The van der Waals surface area contributed by atoms with Crippen LogP contribution in [0.3, 0.4) is 0 Å². The first-order valence-corrected chi connectivity index (χ1v) is 3.85. The van der Waals surface area contributed by atoms with Crippen molar-refractivity contribution in [2.45, 2.75) is 26.2 Å².